The van der Waals surface area contributed by atoms with Crippen LogP contribution in [0.15, 0.2) is 35.2 Å². The zero-order chi connectivity index (χ0) is 23.5. The molecule has 7 nitrogen and oxygen atoms in total. The van der Waals surface area contributed by atoms with Gasteiger partial charge in [-0.25, -0.2) is 9.37 Å². The van der Waals surface area contributed by atoms with Crippen molar-refractivity contribution in [1.82, 2.24) is 19.3 Å². The second kappa shape index (κ2) is 8.21. The lowest BCUT2D eigenvalue weighted by molar-refractivity contribution is 0.0288. The van der Waals surface area contributed by atoms with Gasteiger partial charge in [0.2, 0.25) is 0 Å². The van der Waals surface area contributed by atoms with Gasteiger partial charge in [-0.15, -0.1) is 0 Å². The molecule has 2 aliphatic carbocycles. The molecule has 2 aliphatic rings. The zero-order valence-corrected chi connectivity index (χ0v) is 20.6. The molecule has 2 aromatic heterocycles. The standard InChI is InChI=1S/C23H24BrClFN5O2/c1-30-11-27-19(20(30)22(32)28-15-3-4-18(26)17(25)7-15)12-5-13-8-23(33,9-14(13)6-12)21-16(24)10-31(2)29-21/h3-4,7,10-14,33H,5-6,8-9H2,1-2H3,(H,28,32). The number of hydrogen-bond acceptors (Lipinski definition) is 4. The lowest BCUT2D eigenvalue weighted by atomic mass is 9.90. The van der Waals surface area contributed by atoms with Gasteiger partial charge in [0.15, 0.2) is 0 Å². The lowest BCUT2D eigenvalue weighted by Gasteiger charge is -2.23. The smallest absolute Gasteiger partial charge is 0.274 e. The summed E-state index contributed by atoms with van der Waals surface area (Å²) in [6.07, 6.45) is 6.52. The second-order valence-electron chi connectivity index (χ2n) is 9.30. The minimum Gasteiger partial charge on any atom is -0.383 e. The van der Waals surface area contributed by atoms with Crippen LogP contribution in [0, 0.1) is 17.7 Å². The molecule has 2 unspecified atom stereocenters. The van der Waals surface area contributed by atoms with E-state index in [4.69, 9.17) is 11.6 Å². The Balaban J connectivity index is 1.33. The molecule has 2 fully saturated rings. The molecule has 33 heavy (non-hydrogen) atoms. The van der Waals surface area contributed by atoms with E-state index in [1.54, 1.807) is 22.6 Å². The molecular weight excluding hydrogens is 513 g/mol. The molecule has 174 valence electrons. The van der Waals surface area contributed by atoms with Crippen molar-refractivity contribution in [3.8, 4) is 0 Å². The molecule has 5 rings (SSSR count). The first-order valence-corrected chi connectivity index (χ1v) is 12.0. The average Bonchev–Trinajstić information content (AvgIpc) is 3.46. The van der Waals surface area contributed by atoms with E-state index in [0.29, 0.717) is 41.8 Å². The molecule has 3 aromatic rings. The summed E-state index contributed by atoms with van der Waals surface area (Å²) in [5, 5.41) is 18.6. The van der Waals surface area contributed by atoms with Gasteiger partial charge >= 0.3 is 0 Å². The van der Waals surface area contributed by atoms with Gasteiger partial charge in [0.25, 0.3) is 5.91 Å². The highest BCUT2D eigenvalue weighted by molar-refractivity contribution is 9.10. The zero-order valence-electron chi connectivity index (χ0n) is 18.2. The first-order valence-electron chi connectivity index (χ1n) is 10.8. The summed E-state index contributed by atoms with van der Waals surface area (Å²) in [4.78, 5) is 17.6. The van der Waals surface area contributed by atoms with Gasteiger partial charge in [-0.3, -0.25) is 9.48 Å². The van der Waals surface area contributed by atoms with Crippen LogP contribution in [-0.4, -0.2) is 30.3 Å². The predicted octanol–water partition coefficient (Wildman–Crippen LogP) is 4.75. The fourth-order valence-corrected chi connectivity index (χ4v) is 6.57. The molecule has 0 radical (unpaired) electrons. The van der Waals surface area contributed by atoms with Crippen LogP contribution in [0.3, 0.4) is 0 Å². The molecule has 0 bridgehead atoms. The van der Waals surface area contributed by atoms with Crippen molar-refractivity contribution in [3.63, 3.8) is 0 Å². The molecular formula is C23H24BrClFN5O2. The second-order valence-corrected chi connectivity index (χ2v) is 10.6. The van der Waals surface area contributed by atoms with Gasteiger partial charge in [0, 0.05) is 31.9 Å². The lowest BCUT2D eigenvalue weighted by Crippen LogP contribution is -2.25. The first-order chi connectivity index (χ1) is 15.6. The number of nitrogens with one attached hydrogen (secondary N) is 1. The third-order valence-electron chi connectivity index (χ3n) is 7.01. The highest BCUT2D eigenvalue weighted by Gasteiger charge is 2.52. The number of anilines is 1. The number of aryl methyl sites for hydroxylation is 2. The number of fused-ring (bicyclic) bond motifs is 1. The molecule has 2 heterocycles. The number of benzene rings is 1. The normalized spacial score (nSPS) is 26.5. The van der Waals surface area contributed by atoms with Crippen molar-refractivity contribution in [2.45, 2.75) is 37.2 Å². The van der Waals surface area contributed by atoms with E-state index < -0.39 is 11.4 Å². The van der Waals surface area contributed by atoms with Crippen LogP contribution in [0.5, 0.6) is 0 Å². The van der Waals surface area contributed by atoms with E-state index in [1.165, 1.54) is 18.2 Å². The van der Waals surface area contributed by atoms with Crippen LogP contribution in [0.2, 0.25) is 5.02 Å². The number of hydrogen-bond donors (Lipinski definition) is 2. The van der Waals surface area contributed by atoms with Gasteiger partial charge in [-0.2, -0.15) is 5.10 Å². The number of rotatable bonds is 4. The van der Waals surface area contributed by atoms with Gasteiger partial charge < -0.3 is 15.0 Å². The number of aromatic nitrogens is 4. The number of carbonyl (C=O) groups excluding carboxylic acids is 1. The Kier molecular flexibility index (Phi) is 5.61. The Hall–Kier alpha value is -2.23. The van der Waals surface area contributed by atoms with Gasteiger partial charge in [0.1, 0.15) is 22.8 Å². The Labute approximate surface area is 204 Å². The highest BCUT2D eigenvalue weighted by atomic mass is 79.9. The summed E-state index contributed by atoms with van der Waals surface area (Å²) in [6.45, 7) is 0. The van der Waals surface area contributed by atoms with E-state index in [2.05, 4.69) is 31.3 Å². The van der Waals surface area contributed by atoms with E-state index in [9.17, 15) is 14.3 Å². The number of aliphatic hydroxyl groups is 1. The van der Waals surface area contributed by atoms with E-state index in [-0.39, 0.29) is 16.8 Å². The first kappa shape index (κ1) is 22.6. The van der Waals surface area contributed by atoms with Gasteiger partial charge in [0.05, 0.1) is 21.5 Å². The van der Waals surface area contributed by atoms with Crippen molar-refractivity contribution in [2.75, 3.05) is 5.32 Å². The highest BCUT2D eigenvalue weighted by Crippen LogP contribution is 2.57. The molecule has 1 amide bonds. The fraction of sp³-hybridized carbons (Fsp3) is 0.435. The van der Waals surface area contributed by atoms with Crippen LogP contribution in [-0.2, 0) is 19.7 Å². The molecule has 10 heteroatoms. The number of nitrogens with zero attached hydrogens (tertiary/aromatic N) is 4. The molecule has 0 spiro atoms. The molecule has 1 aromatic carbocycles. The summed E-state index contributed by atoms with van der Waals surface area (Å²) >= 11 is 9.37. The SMILES string of the molecule is Cn1cc(Br)c(C2(O)CC3CC(c4ncn(C)c4C(=O)Nc4ccc(F)c(Cl)c4)CC3C2)n1. The third kappa shape index (κ3) is 4.00. The maximum atomic E-state index is 13.5. The van der Waals surface area contributed by atoms with E-state index in [1.807, 2.05) is 13.2 Å². The maximum Gasteiger partial charge on any atom is 0.274 e. The monoisotopic (exact) mass is 535 g/mol. The summed E-state index contributed by atoms with van der Waals surface area (Å²) in [6, 6.07) is 4.09. The van der Waals surface area contributed by atoms with Crippen LogP contribution < -0.4 is 5.32 Å². The average molecular weight is 537 g/mol. The van der Waals surface area contributed by atoms with E-state index >= 15 is 0 Å². The largest absolute Gasteiger partial charge is 0.383 e. The Bertz CT molecular complexity index is 1230. The predicted molar refractivity (Wildman–Crippen MR) is 126 cm³/mol. The van der Waals surface area contributed by atoms with Crippen molar-refractivity contribution >= 4 is 39.1 Å². The summed E-state index contributed by atoms with van der Waals surface area (Å²) in [7, 11) is 3.63. The van der Waals surface area contributed by atoms with Crippen LogP contribution in [0.25, 0.3) is 0 Å². The molecule has 0 saturated heterocycles. The Morgan fingerprint density at radius 3 is 2.61 bits per heavy atom. The van der Waals surface area contributed by atoms with Crippen molar-refractivity contribution in [2.24, 2.45) is 25.9 Å². The molecule has 2 atom stereocenters. The number of amides is 1. The number of carbonyl (C=O) groups is 1. The van der Waals surface area contributed by atoms with Gasteiger partial charge in [-0.05, 0) is 71.6 Å². The van der Waals surface area contributed by atoms with Crippen molar-refractivity contribution in [3.05, 3.63) is 63.1 Å². The van der Waals surface area contributed by atoms with Crippen molar-refractivity contribution < 1.29 is 14.3 Å². The Morgan fingerprint density at radius 1 is 1.30 bits per heavy atom. The van der Waals surface area contributed by atoms with Gasteiger partial charge in [-0.1, -0.05) is 11.6 Å². The quantitative estimate of drug-likeness (QED) is 0.504. The minimum absolute atomic E-state index is 0.0475. The van der Waals surface area contributed by atoms with Crippen LogP contribution in [0.1, 0.15) is 53.5 Å². The Morgan fingerprint density at radius 2 is 2.00 bits per heavy atom. The molecule has 0 aliphatic heterocycles. The summed E-state index contributed by atoms with van der Waals surface area (Å²) in [5.41, 5.74) is 1.44. The van der Waals surface area contributed by atoms with Crippen LogP contribution >= 0.6 is 27.5 Å². The topological polar surface area (TPSA) is 85.0 Å². The van der Waals surface area contributed by atoms with Crippen molar-refractivity contribution in [1.29, 1.82) is 0 Å². The number of imidazole rings is 1. The summed E-state index contributed by atoms with van der Waals surface area (Å²) < 4.78 is 17.7. The third-order valence-corrected chi connectivity index (χ3v) is 7.88. The maximum absolute atomic E-state index is 13.5. The molecule has 2 saturated carbocycles. The van der Waals surface area contributed by atoms with E-state index in [0.717, 1.165) is 23.0 Å². The fourth-order valence-electron chi connectivity index (χ4n) is 5.64. The number of halogens is 3. The molecule has 2 N–H and O–H groups in total. The summed E-state index contributed by atoms with van der Waals surface area (Å²) in [5.74, 6) is -0.0364. The minimum atomic E-state index is -0.938. The van der Waals surface area contributed by atoms with Crippen LogP contribution in [0.4, 0.5) is 10.1 Å².